The van der Waals surface area contributed by atoms with E-state index in [0.717, 1.165) is 12.1 Å². The highest BCUT2D eigenvalue weighted by Crippen LogP contribution is 2.35. The molecule has 1 rings (SSSR count). The lowest BCUT2D eigenvalue weighted by Gasteiger charge is -2.18. The fourth-order valence-electron chi connectivity index (χ4n) is 1.54. The van der Waals surface area contributed by atoms with Crippen molar-refractivity contribution in [3.8, 4) is 0 Å². The minimum atomic E-state index is -4.62. The van der Waals surface area contributed by atoms with Gasteiger partial charge in [-0.15, -0.1) is 0 Å². The van der Waals surface area contributed by atoms with Crippen LogP contribution in [0.3, 0.4) is 0 Å². The maximum Gasteiger partial charge on any atom is 0.418 e. The number of aliphatic hydroxyl groups is 2. The van der Waals surface area contributed by atoms with Gasteiger partial charge in [-0.05, 0) is 17.7 Å². The number of nitrogens with two attached hydrogens (primary N) is 1. The smallest absolute Gasteiger partial charge is 0.418 e. The van der Waals surface area contributed by atoms with Gasteiger partial charge in [-0.3, -0.25) is 4.79 Å². The third-order valence-corrected chi connectivity index (χ3v) is 2.47. The Kier molecular flexibility index (Phi) is 4.38. The molecule has 0 aliphatic rings. The number of hydrogen-bond acceptors (Lipinski definition) is 4. The molecule has 0 spiro atoms. The first kappa shape index (κ1) is 15.3. The van der Waals surface area contributed by atoms with Crippen LogP contribution in [0.1, 0.15) is 23.7 Å². The van der Waals surface area contributed by atoms with Gasteiger partial charge >= 0.3 is 12.1 Å². The van der Waals surface area contributed by atoms with Gasteiger partial charge < -0.3 is 21.1 Å². The second-order valence-corrected chi connectivity index (χ2v) is 3.95. The average Bonchev–Trinajstić information content (AvgIpc) is 2.25. The van der Waals surface area contributed by atoms with Crippen LogP contribution in [0, 0.1) is 0 Å². The van der Waals surface area contributed by atoms with Crippen molar-refractivity contribution in [1.82, 2.24) is 0 Å². The third kappa shape index (κ3) is 3.83. The molecular formula is C11H12F3NO4. The highest BCUT2D eigenvalue weighted by Gasteiger charge is 2.33. The van der Waals surface area contributed by atoms with Crippen LogP contribution in [-0.2, 0) is 11.0 Å². The Labute approximate surface area is 106 Å². The van der Waals surface area contributed by atoms with E-state index < -0.39 is 42.0 Å². The van der Waals surface area contributed by atoms with E-state index >= 15 is 0 Å². The molecule has 0 heterocycles. The first-order valence-electron chi connectivity index (χ1n) is 5.17. The van der Waals surface area contributed by atoms with E-state index in [-0.39, 0.29) is 5.56 Å². The Morgan fingerprint density at radius 1 is 1.32 bits per heavy atom. The molecular weight excluding hydrogens is 267 g/mol. The highest BCUT2D eigenvalue weighted by molar-refractivity contribution is 5.67. The molecule has 0 bridgehead atoms. The molecule has 0 aliphatic carbocycles. The summed E-state index contributed by atoms with van der Waals surface area (Å²) in [6, 6.07) is 2.47. The predicted octanol–water partition coefficient (Wildman–Crippen LogP) is 1.16. The van der Waals surface area contributed by atoms with Crippen LogP contribution in [0.5, 0.6) is 0 Å². The summed E-state index contributed by atoms with van der Waals surface area (Å²) >= 11 is 0. The van der Waals surface area contributed by atoms with Gasteiger partial charge in [0.15, 0.2) is 0 Å². The second kappa shape index (κ2) is 5.45. The summed E-state index contributed by atoms with van der Waals surface area (Å²) in [5.74, 6) is -1.34. The number of nitrogen functional groups attached to an aromatic ring is 1. The standard InChI is InChI=1S/C11H12F3NO4/c12-11(13,14)6-2-1-5(3-7(6)15)10(19)8(16)4-9(17)18/h1-3,8,10,16,19H,4,15H2,(H,17,18). The minimum absolute atomic E-state index is 0.0840. The fraction of sp³-hybridized carbons (Fsp3) is 0.364. The number of alkyl halides is 3. The summed E-state index contributed by atoms with van der Waals surface area (Å²) in [5.41, 5.74) is 3.47. The van der Waals surface area contributed by atoms with Crippen molar-refractivity contribution in [2.45, 2.75) is 24.8 Å². The van der Waals surface area contributed by atoms with Gasteiger partial charge in [0.25, 0.3) is 0 Å². The monoisotopic (exact) mass is 279 g/mol. The van der Waals surface area contributed by atoms with E-state index in [1.807, 2.05) is 0 Å². The topological polar surface area (TPSA) is 104 Å². The minimum Gasteiger partial charge on any atom is -0.481 e. The van der Waals surface area contributed by atoms with Crippen LogP contribution in [-0.4, -0.2) is 27.4 Å². The summed E-state index contributed by atoms with van der Waals surface area (Å²) in [5, 5.41) is 27.4. The highest BCUT2D eigenvalue weighted by atomic mass is 19.4. The molecule has 0 aromatic heterocycles. The maximum atomic E-state index is 12.4. The Morgan fingerprint density at radius 2 is 1.89 bits per heavy atom. The Bertz CT molecular complexity index is 475. The molecule has 1 aromatic rings. The van der Waals surface area contributed by atoms with Gasteiger partial charge in [0.1, 0.15) is 6.10 Å². The Balaban J connectivity index is 2.98. The average molecular weight is 279 g/mol. The lowest BCUT2D eigenvalue weighted by Crippen LogP contribution is -2.22. The number of carbonyl (C=O) groups is 1. The third-order valence-electron chi connectivity index (χ3n) is 2.47. The van der Waals surface area contributed by atoms with E-state index in [1.54, 1.807) is 0 Å². The number of halogens is 3. The van der Waals surface area contributed by atoms with Gasteiger partial charge in [0.2, 0.25) is 0 Å². The van der Waals surface area contributed by atoms with Crippen LogP contribution < -0.4 is 5.73 Å². The Hall–Kier alpha value is -1.80. The largest absolute Gasteiger partial charge is 0.481 e. The molecule has 0 radical (unpaired) electrons. The van der Waals surface area contributed by atoms with Crippen LogP contribution >= 0.6 is 0 Å². The number of carboxylic acid groups (broad SMARTS) is 1. The van der Waals surface area contributed by atoms with Crippen LogP contribution in [0.2, 0.25) is 0 Å². The van der Waals surface area contributed by atoms with Gasteiger partial charge in [0.05, 0.1) is 18.1 Å². The lowest BCUT2D eigenvalue weighted by atomic mass is 9.99. The summed E-state index contributed by atoms with van der Waals surface area (Å²) in [7, 11) is 0. The molecule has 0 amide bonds. The summed E-state index contributed by atoms with van der Waals surface area (Å²) < 4.78 is 37.3. The van der Waals surface area contributed by atoms with Gasteiger partial charge in [-0.2, -0.15) is 13.2 Å². The molecule has 0 saturated carbocycles. The first-order chi connectivity index (χ1) is 8.62. The number of aliphatic carboxylic acids is 1. The molecule has 0 aliphatic heterocycles. The number of anilines is 1. The van der Waals surface area contributed by atoms with Crippen molar-refractivity contribution in [3.63, 3.8) is 0 Å². The van der Waals surface area contributed by atoms with Gasteiger partial charge in [-0.1, -0.05) is 6.07 Å². The zero-order chi connectivity index (χ0) is 14.8. The number of benzene rings is 1. The first-order valence-corrected chi connectivity index (χ1v) is 5.17. The number of rotatable bonds is 4. The normalized spacial score (nSPS) is 15.0. The van der Waals surface area contributed by atoms with Crippen molar-refractivity contribution < 1.29 is 33.3 Å². The van der Waals surface area contributed by atoms with Crippen LogP contribution in [0.15, 0.2) is 18.2 Å². The van der Waals surface area contributed by atoms with E-state index in [4.69, 9.17) is 10.8 Å². The molecule has 5 nitrogen and oxygen atoms in total. The Morgan fingerprint density at radius 3 is 2.32 bits per heavy atom. The van der Waals surface area contributed by atoms with E-state index in [0.29, 0.717) is 6.07 Å². The molecule has 2 atom stereocenters. The number of aliphatic hydroxyl groups excluding tert-OH is 2. The second-order valence-electron chi connectivity index (χ2n) is 3.95. The van der Waals surface area contributed by atoms with Gasteiger partial charge in [0, 0.05) is 5.69 Å². The molecule has 19 heavy (non-hydrogen) atoms. The summed E-state index contributed by atoms with van der Waals surface area (Å²) in [6.45, 7) is 0. The fourth-order valence-corrected chi connectivity index (χ4v) is 1.54. The molecule has 1 aromatic carbocycles. The number of hydrogen-bond donors (Lipinski definition) is 4. The van der Waals surface area contributed by atoms with E-state index in [1.165, 1.54) is 0 Å². The van der Waals surface area contributed by atoms with Crippen molar-refractivity contribution in [2.24, 2.45) is 0 Å². The molecule has 0 saturated heterocycles. The molecule has 5 N–H and O–H groups in total. The van der Waals surface area contributed by atoms with Crippen LogP contribution in [0.25, 0.3) is 0 Å². The van der Waals surface area contributed by atoms with Crippen molar-refractivity contribution in [2.75, 3.05) is 5.73 Å². The predicted molar refractivity (Wildman–Crippen MR) is 59.1 cm³/mol. The molecule has 0 fully saturated rings. The zero-order valence-electron chi connectivity index (χ0n) is 9.55. The van der Waals surface area contributed by atoms with E-state index in [9.17, 15) is 28.2 Å². The summed E-state index contributed by atoms with van der Waals surface area (Å²) in [4.78, 5) is 10.4. The van der Waals surface area contributed by atoms with Gasteiger partial charge in [-0.25, -0.2) is 0 Å². The van der Waals surface area contributed by atoms with Crippen molar-refractivity contribution in [1.29, 1.82) is 0 Å². The molecule has 8 heteroatoms. The number of carboxylic acids is 1. The molecule has 2 unspecified atom stereocenters. The summed E-state index contributed by atoms with van der Waals surface area (Å²) in [6.07, 6.45) is -8.61. The lowest BCUT2D eigenvalue weighted by molar-refractivity contribution is -0.141. The van der Waals surface area contributed by atoms with E-state index in [2.05, 4.69) is 0 Å². The molecule has 106 valence electrons. The quantitative estimate of drug-likeness (QED) is 0.619. The van der Waals surface area contributed by atoms with Crippen molar-refractivity contribution in [3.05, 3.63) is 29.3 Å². The SMILES string of the molecule is Nc1cc(C(O)C(O)CC(=O)O)ccc1C(F)(F)F. The maximum absolute atomic E-state index is 12.4. The zero-order valence-corrected chi connectivity index (χ0v) is 9.55. The van der Waals surface area contributed by atoms with Crippen LogP contribution in [0.4, 0.5) is 18.9 Å². The van der Waals surface area contributed by atoms with Crippen molar-refractivity contribution >= 4 is 11.7 Å².